The van der Waals surface area contributed by atoms with Crippen molar-refractivity contribution in [1.82, 2.24) is 4.57 Å². The molecule has 35 heavy (non-hydrogen) atoms. The topological polar surface area (TPSA) is 129 Å². The lowest BCUT2D eigenvalue weighted by Gasteiger charge is -2.22. The summed E-state index contributed by atoms with van der Waals surface area (Å²) in [6, 6.07) is 20.1. The highest BCUT2D eigenvalue weighted by molar-refractivity contribution is 6.08. The third-order valence-corrected chi connectivity index (χ3v) is 6.03. The average molecular weight is 475 g/mol. The zero-order valence-electron chi connectivity index (χ0n) is 19.0. The summed E-state index contributed by atoms with van der Waals surface area (Å²) < 4.78 is 6.91. The molecule has 8 heteroatoms. The molecule has 0 bridgehead atoms. The molecule has 0 aliphatic rings. The number of aromatic nitrogens is 1. The van der Waals surface area contributed by atoms with E-state index in [2.05, 4.69) is 0 Å². The van der Waals surface area contributed by atoms with Crippen molar-refractivity contribution < 1.29 is 34.8 Å². The van der Waals surface area contributed by atoms with Gasteiger partial charge in [-0.3, -0.25) is 4.79 Å². The fraction of sp³-hybridized carbons (Fsp3) is 0.185. The van der Waals surface area contributed by atoms with E-state index in [1.54, 1.807) is 84.5 Å². The molecule has 3 aromatic carbocycles. The standard InChI is InChI=1S/C27H25NO7/c1-35-19-11-9-16(10-12-19)21(13-14-23(29)30)28-22-8-3-2-7-20(22)24(25(28)27(33)34)17-5-4-6-18(15-17)26(31)32/h2-12,15,21,26,31-32H,13-14H2,1H3,(H,29,30)(H,33,34). The molecule has 4 rings (SSSR count). The van der Waals surface area contributed by atoms with Gasteiger partial charge in [-0.05, 0) is 41.8 Å². The van der Waals surface area contributed by atoms with Gasteiger partial charge in [0.1, 0.15) is 11.4 Å². The number of hydrogen-bond acceptors (Lipinski definition) is 5. The van der Waals surface area contributed by atoms with Crippen LogP contribution in [0.3, 0.4) is 0 Å². The number of carbonyl (C=O) groups is 2. The summed E-state index contributed by atoms with van der Waals surface area (Å²) in [5.74, 6) is -1.54. The minimum Gasteiger partial charge on any atom is -0.497 e. The number of methoxy groups -OCH3 is 1. The van der Waals surface area contributed by atoms with Crippen LogP contribution in [0.4, 0.5) is 0 Å². The molecule has 0 fully saturated rings. The van der Waals surface area contributed by atoms with Gasteiger partial charge in [0, 0.05) is 28.5 Å². The number of ether oxygens (including phenoxy) is 1. The number of carboxylic acids is 2. The van der Waals surface area contributed by atoms with E-state index >= 15 is 0 Å². The summed E-state index contributed by atoms with van der Waals surface area (Å²) in [6.07, 6.45) is -1.71. The molecule has 4 N–H and O–H groups in total. The van der Waals surface area contributed by atoms with Gasteiger partial charge >= 0.3 is 11.9 Å². The predicted octanol–water partition coefficient (Wildman–Crippen LogP) is 4.45. The van der Waals surface area contributed by atoms with Gasteiger partial charge in [0.25, 0.3) is 0 Å². The largest absolute Gasteiger partial charge is 0.497 e. The number of para-hydroxylation sites is 1. The smallest absolute Gasteiger partial charge is 0.353 e. The Kier molecular flexibility index (Phi) is 6.86. The number of aliphatic carboxylic acids is 1. The third kappa shape index (κ3) is 4.75. The Morgan fingerprint density at radius 1 is 0.914 bits per heavy atom. The van der Waals surface area contributed by atoms with Crippen molar-refractivity contribution in [3.05, 3.63) is 89.6 Å². The van der Waals surface area contributed by atoms with Crippen molar-refractivity contribution in [2.45, 2.75) is 25.2 Å². The number of fused-ring (bicyclic) bond motifs is 1. The van der Waals surface area contributed by atoms with Crippen molar-refractivity contribution in [1.29, 1.82) is 0 Å². The van der Waals surface area contributed by atoms with Crippen LogP contribution in [0.25, 0.3) is 22.0 Å². The molecule has 1 atom stereocenters. The van der Waals surface area contributed by atoms with E-state index in [0.29, 0.717) is 27.8 Å². The van der Waals surface area contributed by atoms with Gasteiger partial charge in [0.15, 0.2) is 6.29 Å². The van der Waals surface area contributed by atoms with E-state index in [1.807, 2.05) is 0 Å². The first-order valence-corrected chi connectivity index (χ1v) is 11.0. The lowest BCUT2D eigenvalue weighted by molar-refractivity contribution is -0.137. The van der Waals surface area contributed by atoms with Crippen LogP contribution in [-0.2, 0) is 4.79 Å². The van der Waals surface area contributed by atoms with E-state index in [1.165, 1.54) is 0 Å². The highest BCUT2D eigenvalue weighted by Crippen LogP contribution is 2.40. The van der Waals surface area contributed by atoms with Gasteiger partial charge in [-0.25, -0.2) is 4.79 Å². The van der Waals surface area contributed by atoms with E-state index < -0.39 is 24.3 Å². The monoisotopic (exact) mass is 475 g/mol. The van der Waals surface area contributed by atoms with Crippen LogP contribution in [0, 0.1) is 0 Å². The van der Waals surface area contributed by atoms with Crippen LogP contribution in [0.15, 0.2) is 72.8 Å². The highest BCUT2D eigenvalue weighted by atomic mass is 16.5. The average Bonchev–Trinajstić information content (AvgIpc) is 3.20. The molecule has 1 heterocycles. The zero-order chi connectivity index (χ0) is 25.1. The molecule has 0 radical (unpaired) electrons. The van der Waals surface area contributed by atoms with Crippen LogP contribution in [-0.4, -0.2) is 44.0 Å². The van der Waals surface area contributed by atoms with Crippen molar-refractivity contribution in [2.75, 3.05) is 7.11 Å². The Bertz CT molecular complexity index is 1370. The van der Waals surface area contributed by atoms with Crippen LogP contribution < -0.4 is 4.74 Å². The summed E-state index contributed by atoms with van der Waals surface area (Å²) in [4.78, 5) is 24.2. The highest BCUT2D eigenvalue weighted by Gasteiger charge is 2.29. The van der Waals surface area contributed by atoms with Gasteiger partial charge in [-0.15, -0.1) is 0 Å². The Hall–Kier alpha value is -4.14. The van der Waals surface area contributed by atoms with Gasteiger partial charge in [-0.2, -0.15) is 0 Å². The number of benzene rings is 3. The van der Waals surface area contributed by atoms with Crippen LogP contribution in [0.5, 0.6) is 5.75 Å². The predicted molar refractivity (Wildman–Crippen MR) is 130 cm³/mol. The molecule has 0 amide bonds. The molecule has 0 aliphatic heterocycles. The summed E-state index contributed by atoms with van der Waals surface area (Å²) in [5, 5.41) is 39.8. The van der Waals surface area contributed by atoms with Crippen LogP contribution in [0.2, 0.25) is 0 Å². The van der Waals surface area contributed by atoms with E-state index in [0.717, 1.165) is 5.56 Å². The van der Waals surface area contributed by atoms with Crippen molar-refractivity contribution in [2.24, 2.45) is 0 Å². The van der Waals surface area contributed by atoms with Crippen LogP contribution >= 0.6 is 0 Å². The van der Waals surface area contributed by atoms with Crippen molar-refractivity contribution in [3.63, 3.8) is 0 Å². The number of carboxylic acid groups (broad SMARTS) is 2. The maximum Gasteiger partial charge on any atom is 0.353 e. The number of aliphatic hydroxyl groups is 2. The summed E-state index contributed by atoms with van der Waals surface area (Å²) in [7, 11) is 1.54. The molecule has 0 saturated heterocycles. The molecule has 1 aromatic heterocycles. The zero-order valence-corrected chi connectivity index (χ0v) is 19.0. The number of rotatable bonds is 9. The quantitative estimate of drug-likeness (QED) is 0.263. The molecule has 8 nitrogen and oxygen atoms in total. The van der Waals surface area contributed by atoms with Gasteiger partial charge in [0.2, 0.25) is 0 Å². The first kappa shape index (κ1) is 24.0. The second kappa shape index (κ2) is 10.0. The molecular weight excluding hydrogens is 450 g/mol. The Balaban J connectivity index is 2.02. The molecule has 4 aromatic rings. The minimum atomic E-state index is -1.71. The second-order valence-corrected chi connectivity index (χ2v) is 8.14. The minimum absolute atomic E-state index is 0.0120. The Morgan fingerprint density at radius 3 is 2.26 bits per heavy atom. The molecule has 1 unspecified atom stereocenters. The third-order valence-electron chi connectivity index (χ3n) is 6.03. The van der Waals surface area contributed by atoms with Crippen molar-refractivity contribution >= 4 is 22.8 Å². The summed E-state index contributed by atoms with van der Waals surface area (Å²) in [5.41, 5.74) is 2.51. The normalized spacial score (nSPS) is 12.1. The molecular formula is C27H25NO7. The first-order chi connectivity index (χ1) is 16.8. The van der Waals surface area contributed by atoms with Crippen molar-refractivity contribution in [3.8, 4) is 16.9 Å². The van der Waals surface area contributed by atoms with Gasteiger partial charge in [-0.1, -0.05) is 48.5 Å². The Labute approximate surface area is 201 Å². The van der Waals surface area contributed by atoms with E-state index in [-0.39, 0.29) is 24.1 Å². The van der Waals surface area contributed by atoms with Gasteiger partial charge in [0.05, 0.1) is 13.2 Å². The molecule has 180 valence electrons. The van der Waals surface area contributed by atoms with E-state index in [4.69, 9.17) is 4.74 Å². The Morgan fingerprint density at radius 2 is 1.63 bits per heavy atom. The first-order valence-electron chi connectivity index (χ1n) is 11.0. The molecule has 0 saturated carbocycles. The number of nitrogens with zero attached hydrogens (tertiary/aromatic N) is 1. The van der Waals surface area contributed by atoms with Gasteiger partial charge < -0.3 is 29.7 Å². The maximum atomic E-state index is 12.7. The lowest BCUT2D eigenvalue weighted by Crippen LogP contribution is -2.18. The SMILES string of the molecule is COc1ccc(C(CCC(=O)O)n2c(C(=O)O)c(-c3cccc(C(O)O)c3)c3ccccc32)cc1. The fourth-order valence-electron chi connectivity index (χ4n) is 4.48. The maximum absolute atomic E-state index is 12.7. The number of hydrogen-bond donors (Lipinski definition) is 4. The number of aromatic carboxylic acids is 1. The molecule has 0 spiro atoms. The number of aliphatic hydroxyl groups excluding tert-OH is 1. The molecule has 0 aliphatic carbocycles. The summed E-state index contributed by atoms with van der Waals surface area (Å²) >= 11 is 0. The van der Waals surface area contributed by atoms with Crippen LogP contribution in [0.1, 0.15) is 46.8 Å². The van der Waals surface area contributed by atoms with E-state index in [9.17, 15) is 30.0 Å². The lowest BCUT2D eigenvalue weighted by atomic mass is 9.99. The summed E-state index contributed by atoms with van der Waals surface area (Å²) in [6.45, 7) is 0. The second-order valence-electron chi connectivity index (χ2n) is 8.14. The fourth-order valence-corrected chi connectivity index (χ4v) is 4.48.